The summed E-state index contributed by atoms with van der Waals surface area (Å²) in [5.41, 5.74) is -0.925. The lowest BCUT2D eigenvalue weighted by molar-refractivity contribution is -0.137. The van der Waals surface area contributed by atoms with Gasteiger partial charge in [0, 0.05) is 23.9 Å². The third-order valence-electron chi connectivity index (χ3n) is 3.84. The number of hydrogen-bond donors (Lipinski definition) is 2. The summed E-state index contributed by atoms with van der Waals surface area (Å²) in [6.07, 6.45) is -3.15. The first-order valence-corrected chi connectivity index (χ1v) is 7.40. The smallest absolute Gasteiger partial charge is 0.354 e. The maximum absolute atomic E-state index is 12.8. The van der Waals surface area contributed by atoms with Gasteiger partial charge in [-0.25, -0.2) is 0 Å². The summed E-state index contributed by atoms with van der Waals surface area (Å²) in [7, 11) is 0. The van der Waals surface area contributed by atoms with Gasteiger partial charge in [-0.15, -0.1) is 0 Å². The van der Waals surface area contributed by atoms with Crippen molar-refractivity contribution in [3.63, 3.8) is 0 Å². The van der Waals surface area contributed by atoms with Gasteiger partial charge in [-0.2, -0.15) is 13.2 Å². The second-order valence-corrected chi connectivity index (χ2v) is 6.07. The molecule has 1 fully saturated rings. The van der Waals surface area contributed by atoms with Crippen molar-refractivity contribution in [2.75, 3.05) is 13.1 Å². The van der Waals surface area contributed by atoms with E-state index in [2.05, 4.69) is 10.6 Å². The first kappa shape index (κ1) is 17.6. The van der Waals surface area contributed by atoms with Crippen LogP contribution in [-0.4, -0.2) is 24.9 Å². The molecule has 0 unspecified atom stereocenters. The summed E-state index contributed by atoms with van der Waals surface area (Å²) < 4.78 is 38.5. The minimum absolute atomic E-state index is 0.165. The van der Waals surface area contributed by atoms with E-state index in [1.54, 1.807) is 0 Å². The largest absolute Gasteiger partial charge is 0.416 e. The van der Waals surface area contributed by atoms with Crippen LogP contribution in [0.5, 0.6) is 0 Å². The minimum atomic E-state index is -4.44. The lowest BCUT2D eigenvalue weighted by Gasteiger charge is -2.20. The highest BCUT2D eigenvalue weighted by Crippen LogP contribution is 2.51. The second-order valence-electron chi connectivity index (χ2n) is 5.66. The average molecular weight is 349 g/mol. The summed E-state index contributed by atoms with van der Waals surface area (Å²) in [5, 5.41) is 5.24. The van der Waals surface area contributed by atoms with E-state index in [-0.39, 0.29) is 24.0 Å². The molecule has 1 aliphatic carbocycles. The van der Waals surface area contributed by atoms with Gasteiger partial charge in [-0.05, 0) is 36.6 Å². The summed E-state index contributed by atoms with van der Waals surface area (Å²) in [6, 6.07) is 3.23. The first-order valence-electron chi connectivity index (χ1n) is 7.02. The highest BCUT2D eigenvalue weighted by Gasteiger charge is 2.46. The number of carbonyl (C=O) groups excluding carboxylic acids is 2. The van der Waals surface area contributed by atoms with Gasteiger partial charge in [0.1, 0.15) is 0 Å². The fourth-order valence-corrected chi connectivity index (χ4v) is 2.65. The molecule has 2 N–H and O–H groups in total. The van der Waals surface area contributed by atoms with Gasteiger partial charge in [0.2, 0.25) is 11.8 Å². The number of halogens is 4. The standard InChI is InChI=1S/C15H16ClF3N2O2/c1-9(22)20-7-13(23)21-8-14(4-5-14)11-6-10(15(17,18)19)2-3-12(11)16/h2-3,6H,4-5,7-8H2,1H3,(H,20,22)(H,21,23). The van der Waals surface area contributed by atoms with Crippen molar-refractivity contribution in [1.29, 1.82) is 0 Å². The Morgan fingerprint density at radius 2 is 1.91 bits per heavy atom. The Labute approximate surface area is 136 Å². The molecule has 2 amide bonds. The van der Waals surface area contributed by atoms with Crippen molar-refractivity contribution in [3.05, 3.63) is 34.3 Å². The fraction of sp³-hybridized carbons (Fsp3) is 0.467. The van der Waals surface area contributed by atoms with Crippen molar-refractivity contribution in [2.45, 2.75) is 31.4 Å². The average Bonchev–Trinajstić information content (AvgIpc) is 3.23. The Kier molecular flexibility index (Phi) is 4.89. The van der Waals surface area contributed by atoms with Crippen molar-refractivity contribution < 1.29 is 22.8 Å². The van der Waals surface area contributed by atoms with E-state index >= 15 is 0 Å². The Hall–Kier alpha value is -1.76. The van der Waals surface area contributed by atoms with Gasteiger partial charge in [-0.1, -0.05) is 11.6 Å². The number of hydrogen-bond acceptors (Lipinski definition) is 2. The molecule has 0 saturated heterocycles. The van der Waals surface area contributed by atoms with Crippen LogP contribution in [0.2, 0.25) is 5.02 Å². The molecular formula is C15H16ClF3N2O2. The van der Waals surface area contributed by atoms with E-state index in [0.29, 0.717) is 18.4 Å². The van der Waals surface area contributed by atoms with Crippen LogP contribution in [0.15, 0.2) is 18.2 Å². The monoisotopic (exact) mass is 348 g/mol. The molecule has 1 aromatic rings. The number of nitrogens with one attached hydrogen (secondary N) is 2. The second kappa shape index (κ2) is 6.39. The van der Waals surface area contributed by atoms with Gasteiger partial charge in [0.05, 0.1) is 12.1 Å². The topological polar surface area (TPSA) is 58.2 Å². The highest BCUT2D eigenvalue weighted by molar-refractivity contribution is 6.31. The molecule has 4 nitrogen and oxygen atoms in total. The minimum Gasteiger partial charge on any atom is -0.354 e. The zero-order valence-corrected chi connectivity index (χ0v) is 13.1. The maximum atomic E-state index is 12.8. The molecular weight excluding hydrogens is 333 g/mol. The van der Waals surface area contributed by atoms with E-state index in [1.165, 1.54) is 13.0 Å². The van der Waals surface area contributed by atoms with Crippen molar-refractivity contribution >= 4 is 23.4 Å². The number of carbonyl (C=O) groups is 2. The van der Waals surface area contributed by atoms with Crippen LogP contribution in [0.25, 0.3) is 0 Å². The molecule has 0 radical (unpaired) electrons. The molecule has 2 rings (SSSR count). The third kappa shape index (κ3) is 4.37. The van der Waals surface area contributed by atoms with Gasteiger partial charge in [0.25, 0.3) is 0 Å². The third-order valence-corrected chi connectivity index (χ3v) is 4.17. The number of benzene rings is 1. The van der Waals surface area contributed by atoms with Crippen LogP contribution < -0.4 is 10.6 Å². The Morgan fingerprint density at radius 3 is 2.43 bits per heavy atom. The predicted octanol–water partition coefficient (Wildman–Crippen LogP) is 2.64. The summed E-state index contributed by atoms with van der Waals surface area (Å²) in [5.74, 6) is -0.725. The molecule has 23 heavy (non-hydrogen) atoms. The SMILES string of the molecule is CC(=O)NCC(=O)NCC1(c2cc(C(F)(F)F)ccc2Cl)CC1. The highest BCUT2D eigenvalue weighted by atomic mass is 35.5. The summed E-state index contributed by atoms with van der Waals surface area (Å²) in [4.78, 5) is 22.4. The predicted molar refractivity (Wildman–Crippen MR) is 79.1 cm³/mol. The number of rotatable bonds is 5. The summed E-state index contributed by atoms with van der Waals surface area (Å²) >= 11 is 6.05. The molecule has 126 valence electrons. The quantitative estimate of drug-likeness (QED) is 0.859. The first-order chi connectivity index (χ1) is 10.6. The lowest BCUT2D eigenvalue weighted by atomic mass is 9.94. The van der Waals surface area contributed by atoms with E-state index in [4.69, 9.17) is 11.6 Å². The van der Waals surface area contributed by atoms with Crippen molar-refractivity contribution in [3.8, 4) is 0 Å². The van der Waals surface area contributed by atoms with E-state index < -0.39 is 23.1 Å². The number of alkyl halides is 3. The molecule has 1 aliphatic rings. The normalized spacial score (nSPS) is 15.9. The van der Waals surface area contributed by atoms with Gasteiger partial charge in [-0.3, -0.25) is 9.59 Å². The zero-order chi connectivity index (χ0) is 17.3. The molecule has 1 saturated carbocycles. The molecule has 0 spiro atoms. The van der Waals surface area contributed by atoms with Gasteiger partial charge >= 0.3 is 6.18 Å². The summed E-state index contributed by atoms with van der Waals surface area (Å²) in [6.45, 7) is 1.31. The van der Waals surface area contributed by atoms with Gasteiger partial charge in [0.15, 0.2) is 0 Å². The van der Waals surface area contributed by atoms with E-state index in [1.807, 2.05) is 0 Å². The maximum Gasteiger partial charge on any atom is 0.416 e. The Bertz CT molecular complexity index is 628. The molecule has 8 heteroatoms. The van der Waals surface area contributed by atoms with E-state index in [9.17, 15) is 22.8 Å². The van der Waals surface area contributed by atoms with Crippen molar-refractivity contribution in [2.24, 2.45) is 0 Å². The molecule has 0 atom stereocenters. The molecule has 1 aromatic carbocycles. The lowest BCUT2D eigenvalue weighted by Crippen LogP contribution is -2.39. The molecule has 0 bridgehead atoms. The van der Waals surface area contributed by atoms with Crippen LogP contribution in [0.4, 0.5) is 13.2 Å². The van der Waals surface area contributed by atoms with Crippen LogP contribution in [0.1, 0.15) is 30.9 Å². The van der Waals surface area contributed by atoms with Crippen LogP contribution >= 0.6 is 11.6 Å². The van der Waals surface area contributed by atoms with Gasteiger partial charge < -0.3 is 10.6 Å². The zero-order valence-electron chi connectivity index (χ0n) is 12.4. The molecule has 0 aromatic heterocycles. The molecule has 0 heterocycles. The number of amides is 2. The van der Waals surface area contributed by atoms with E-state index in [0.717, 1.165) is 12.1 Å². The van der Waals surface area contributed by atoms with Crippen molar-refractivity contribution in [1.82, 2.24) is 10.6 Å². The fourth-order valence-electron chi connectivity index (χ4n) is 2.34. The van der Waals surface area contributed by atoms with Crippen LogP contribution in [0.3, 0.4) is 0 Å². The van der Waals surface area contributed by atoms with Crippen LogP contribution in [-0.2, 0) is 21.2 Å². The Morgan fingerprint density at radius 1 is 1.26 bits per heavy atom. The molecule has 0 aliphatic heterocycles. The van der Waals surface area contributed by atoms with Crippen LogP contribution in [0, 0.1) is 0 Å². The Balaban J connectivity index is 2.08.